The van der Waals surface area contributed by atoms with Crippen LogP contribution >= 0.6 is 0 Å². The molecule has 19 heavy (non-hydrogen) atoms. The first-order valence-electron chi connectivity index (χ1n) is 6.41. The summed E-state index contributed by atoms with van der Waals surface area (Å²) in [5.41, 5.74) is 1.72. The first-order valence-corrected chi connectivity index (χ1v) is 6.41. The lowest BCUT2D eigenvalue weighted by atomic mass is 10.1. The minimum absolute atomic E-state index is 0.102. The van der Waals surface area contributed by atoms with Crippen molar-refractivity contribution >= 4 is 5.97 Å². The Morgan fingerprint density at radius 2 is 2.26 bits per heavy atom. The van der Waals surface area contributed by atoms with E-state index in [1.807, 2.05) is 32.2 Å². The van der Waals surface area contributed by atoms with Gasteiger partial charge in [-0.2, -0.15) is 5.26 Å². The quantitative estimate of drug-likeness (QED) is 0.737. The zero-order valence-corrected chi connectivity index (χ0v) is 11.7. The van der Waals surface area contributed by atoms with E-state index in [9.17, 15) is 4.79 Å². The van der Waals surface area contributed by atoms with Gasteiger partial charge in [-0.3, -0.25) is 9.69 Å². The zero-order chi connectivity index (χ0) is 14.3. The van der Waals surface area contributed by atoms with Crippen molar-refractivity contribution in [3.05, 3.63) is 35.4 Å². The maximum absolute atomic E-state index is 11.4. The van der Waals surface area contributed by atoms with E-state index in [-0.39, 0.29) is 12.0 Å². The smallest absolute Gasteiger partial charge is 0.307 e. The summed E-state index contributed by atoms with van der Waals surface area (Å²) in [6.07, 6.45) is 0.377. The van der Waals surface area contributed by atoms with Crippen LogP contribution in [0.4, 0.5) is 0 Å². The molecule has 0 aliphatic heterocycles. The molecule has 0 N–H and O–H groups in total. The number of ether oxygens (including phenoxy) is 1. The summed E-state index contributed by atoms with van der Waals surface area (Å²) in [7, 11) is 1.96. The normalized spacial score (nSPS) is 11.9. The SMILES string of the molecule is CCOC(=O)CC(C)N(C)Cc1cccc(C#N)c1. The Morgan fingerprint density at radius 3 is 2.89 bits per heavy atom. The van der Waals surface area contributed by atoms with Gasteiger partial charge in [0.25, 0.3) is 0 Å². The summed E-state index contributed by atoms with van der Waals surface area (Å²) in [5, 5.41) is 8.86. The van der Waals surface area contributed by atoms with Crippen molar-refractivity contribution in [3.8, 4) is 6.07 Å². The van der Waals surface area contributed by atoms with E-state index < -0.39 is 0 Å². The highest BCUT2D eigenvalue weighted by Gasteiger charge is 2.14. The van der Waals surface area contributed by atoms with Crippen LogP contribution < -0.4 is 0 Å². The molecule has 0 aromatic heterocycles. The van der Waals surface area contributed by atoms with Crippen LogP contribution in [0.3, 0.4) is 0 Å². The van der Waals surface area contributed by atoms with E-state index in [4.69, 9.17) is 10.00 Å². The standard InChI is InChI=1S/C15H20N2O2/c1-4-19-15(18)8-12(2)17(3)11-14-7-5-6-13(9-14)10-16/h5-7,9,12H,4,8,11H2,1-3H3. The summed E-state index contributed by atoms with van der Waals surface area (Å²) < 4.78 is 4.94. The minimum Gasteiger partial charge on any atom is -0.466 e. The van der Waals surface area contributed by atoms with Gasteiger partial charge in [-0.25, -0.2) is 0 Å². The molecular weight excluding hydrogens is 240 g/mol. The molecule has 0 amide bonds. The highest BCUT2D eigenvalue weighted by Crippen LogP contribution is 2.11. The molecule has 0 aliphatic carbocycles. The van der Waals surface area contributed by atoms with Crippen molar-refractivity contribution in [2.75, 3.05) is 13.7 Å². The van der Waals surface area contributed by atoms with Gasteiger partial charge in [0.1, 0.15) is 0 Å². The molecule has 0 fully saturated rings. The first-order chi connectivity index (χ1) is 9.06. The lowest BCUT2D eigenvalue weighted by Gasteiger charge is -2.24. The van der Waals surface area contributed by atoms with Crippen molar-refractivity contribution in [1.82, 2.24) is 4.90 Å². The predicted molar refractivity (Wildman–Crippen MR) is 73.3 cm³/mol. The van der Waals surface area contributed by atoms with Gasteiger partial charge in [-0.05, 0) is 38.6 Å². The largest absolute Gasteiger partial charge is 0.466 e. The van der Waals surface area contributed by atoms with Gasteiger partial charge < -0.3 is 4.74 Å². The van der Waals surface area contributed by atoms with Crippen LogP contribution in [0.5, 0.6) is 0 Å². The van der Waals surface area contributed by atoms with Crippen LogP contribution in [0, 0.1) is 11.3 Å². The number of rotatable bonds is 6. The van der Waals surface area contributed by atoms with Gasteiger partial charge in [0, 0.05) is 12.6 Å². The van der Waals surface area contributed by atoms with Crippen LogP contribution in [-0.2, 0) is 16.1 Å². The third-order valence-corrected chi connectivity index (χ3v) is 3.01. The molecule has 1 atom stereocenters. The van der Waals surface area contributed by atoms with Crippen molar-refractivity contribution in [2.24, 2.45) is 0 Å². The number of nitrogens with zero attached hydrogens (tertiary/aromatic N) is 2. The molecule has 4 heteroatoms. The number of esters is 1. The molecule has 1 aromatic rings. The van der Waals surface area contributed by atoms with Crippen molar-refractivity contribution in [1.29, 1.82) is 5.26 Å². The van der Waals surface area contributed by atoms with Crippen LogP contribution in [0.15, 0.2) is 24.3 Å². The summed E-state index contributed by atoms with van der Waals surface area (Å²) >= 11 is 0. The molecule has 0 saturated heterocycles. The fraction of sp³-hybridized carbons (Fsp3) is 0.467. The third kappa shape index (κ3) is 5.11. The number of hydrogen-bond donors (Lipinski definition) is 0. The second-order valence-electron chi connectivity index (χ2n) is 4.59. The number of benzene rings is 1. The van der Waals surface area contributed by atoms with Crippen molar-refractivity contribution in [3.63, 3.8) is 0 Å². The second-order valence-corrected chi connectivity index (χ2v) is 4.59. The minimum atomic E-state index is -0.173. The molecule has 0 saturated carbocycles. The molecule has 1 unspecified atom stereocenters. The van der Waals surface area contributed by atoms with E-state index in [2.05, 4.69) is 11.0 Å². The fourth-order valence-electron chi connectivity index (χ4n) is 1.80. The lowest BCUT2D eigenvalue weighted by molar-refractivity contribution is -0.144. The Kier molecular flexibility index (Phi) is 6.04. The number of carbonyl (C=O) groups is 1. The Bertz CT molecular complexity index is 465. The predicted octanol–water partition coefficient (Wildman–Crippen LogP) is 2.33. The van der Waals surface area contributed by atoms with Crippen LogP contribution in [0.2, 0.25) is 0 Å². The highest BCUT2D eigenvalue weighted by molar-refractivity contribution is 5.70. The second kappa shape index (κ2) is 7.55. The first kappa shape index (κ1) is 15.2. The fourth-order valence-corrected chi connectivity index (χ4v) is 1.80. The zero-order valence-electron chi connectivity index (χ0n) is 11.7. The third-order valence-electron chi connectivity index (χ3n) is 3.01. The van der Waals surface area contributed by atoms with Crippen LogP contribution in [-0.4, -0.2) is 30.6 Å². The summed E-state index contributed by atoms with van der Waals surface area (Å²) in [4.78, 5) is 13.5. The van der Waals surface area contributed by atoms with Crippen molar-refractivity contribution in [2.45, 2.75) is 32.9 Å². The van der Waals surface area contributed by atoms with E-state index >= 15 is 0 Å². The number of nitriles is 1. The number of hydrogen-bond acceptors (Lipinski definition) is 4. The molecule has 0 bridgehead atoms. The molecular formula is C15H20N2O2. The van der Waals surface area contributed by atoms with E-state index in [1.54, 1.807) is 13.0 Å². The average Bonchev–Trinajstić information content (AvgIpc) is 2.39. The molecule has 0 spiro atoms. The Balaban J connectivity index is 2.56. The summed E-state index contributed by atoms with van der Waals surface area (Å²) in [5.74, 6) is -0.173. The molecule has 0 radical (unpaired) electrons. The van der Waals surface area contributed by atoms with Crippen LogP contribution in [0.25, 0.3) is 0 Å². The number of carbonyl (C=O) groups excluding carboxylic acids is 1. The summed E-state index contributed by atoms with van der Waals surface area (Å²) in [6.45, 7) is 4.92. The topological polar surface area (TPSA) is 53.3 Å². The van der Waals surface area contributed by atoms with Gasteiger partial charge >= 0.3 is 5.97 Å². The Morgan fingerprint density at radius 1 is 1.53 bits per heavy atom. The Hall–Kier alpha value is -1.86. The van der Waals surface area contributed by atoms with Gasteiger partial charge in [-0.15, -0.1) is 0 Å². The summed E-state index contributed by atoms with van der Waals surface area (Å²) in [6, 6.07) is 9.73. The van der Waals surface area contributed by atoms with E-state index in [0.29, 0.717) is 25.1 Å². The van der Waals surface area contributed by atoms with Gasteiger partial charge in [0.2, 0.25) is 0 Å². The molecule has 0 aliphatic rings. The highest BCUT2D eigenvalue weighted by atomic mass is 16.5. The molecule has 1 rings (SSSR count). The van der Waals surface area contributed by atoms with E-state index in [0.717, 1.165) is 5.56 Å². The molecule has 1 aromatic carbocycles. The molecule has 102 valence electrons. The molecule has 0 heterocycles. The average molecular weight is 260 g/mol. The molecule has 4 nitrogen and oxygen atoms in total. The maximum atomic E-state index is 11.4. The Labute approximate surface area is 114 Å². The van der Waals surface area contributed by atoms with Gasteiger partial charge in [-0.1, -0.05) is 12.1 Å². The monoisotopic (exact) mass is 260 g/mol. The maximum Gasteiger partial charge on any atom is 0.307 e. The van der Waals surface area contributed by atoms with Crippen molar-refractivity contribution < 1.29 is 9.53 Å². The van der Waals surface area contributed by atoms with Gasteiger partial charge in [0.05, 0.1) is 24.7 Å². The van der Waals surface area contributed by atoms with E-state index in [1.165, 1.54) is 0 Å². The van der Waals surface area contributed by atoms with Crippen LogP contribution in [0.1, 0.15) is 31.4 Å². The lowest BCUT2D eigenvalue weighted by Crippen LogP contribution is -2.31. The van der Waals surface area contributed by atoms with Gasteiger partial charge in [0.15, 0.2) is 0 Å².